The van der Waals surface area contributed by atoms with Gasteiger partial charge in [0.15, 0.2) is 11.5 Å². The number of carbonyl (C=O) groups is 2. The third-order valence-corrected chi connectivity index (χ3v) is 4.16. The fourth-order valence-electron chi connectivity index (χ4n) is 2.01. The number of hydrogen-bond acceptors (Lipinski definition) is 5. The van der Waals surface area contributed by atoms with E-state index in [1.165, 1.54) is 11.1 Å². The number of aliphatic carboxylic acids is 2. The summed E-state index contributed by atoms with van der Waals surface area (Å²) in [6, 6.07) is 12.2. The van der Waals surface area contributed by atoms with Gasteiger partial charge < -0.3 is 25.0 Å². The molecule has 0 unspecified atom stereocenters. The van der Waals surface area contributed by atoms with Crippen LogP contribution in [0, 0.1) is 6.92 Å². The molecule has 0 saturated carbocycles. The quantitative estimate of drug-likeness (QED) is 0.668. The van der Waals surface area contributed by atoms with Crippen LogP contribution in [0.15, 0.2) is 40.9 Å². The Balaban J connectivity index is 0.000000326. The van der Waals surface area contributed by atoms with Gasteiger partial charge in [0.25, 0.3) is 0 Å². The first-order chi connectivity index (χ1) is 11.9. The lowest BCUT2D eigenvalue weighted by molar-refractivity contribution is -0.159. The van der Waals surface area contributed by atoms with Gasteiger partial charge in [-0.25, -0.2) is 9.59 Å². The number of benzene rings is 2. The summed E-state index contributed by atoms with van der Waals surface area (Å²) in [4.78, 5) is 18.2. The van der Waals surface area contributed by atoms with Gasteiger partial charge in [-0.1, -0.05) is 22.0 Å². The Bertz CT molecular complexity index is 781. The first-order valence-corrected chi connectivity index (χ1v) is 8.01. The Hall–Kier alpha value is -2.74. The van der Waals surface area contributed by atoms with Crippen LogP contribution in [0.2, 0.25) is 0 Å². The fourth-order valence-corrected chi connectivity index (χ4v) is 2.26. The van der Waals surface area contributed by atoms with Gasteiger partial charge in [-0.15, -0.1) is 0 Å². The highest BCUT2D eigenvalue weighted by molar-refractivity contribution is 9.10. The molecule has 0 atom stereocenters. The Labute approximate surface area is 152 Å². The number of hydrogen-bond donors (Lipinski definition) is 3. The van der Waals surface area contributed by atoms with Gasteiger partial charge >= 0.3 is 11.9 Å². The summed E-state index contributed by atoms with van der Waals surface area (Å²) in [5.74, 6) is -2.00. The second-order valence-electron chi connectivity index (χ2n) is 5.12. The van der Waals surface area contributed by atoms with Crippen LogP contribution in [0.4, 0.5) is 5.69 Å². The molecule has 7 nitrogen and oxygen atoms in total. The highest BCUT2D eigenvalue weighted by Crippen LogP contribution is 2.32. The second kappa shape index (κ2) is 8.39. The van der Waals surface area contributed by atoms with Gasteiger partial charge in [-0.05, 0) is 48.4 Å². The minimum Gasteiger partial charge on any atom is -0.473 e. The van der Waals surface area contributed by atoms with E-state index in [1.807, 2.05) is 18.2 Å². The molecule has 0 amide bonds. The van der Waals surface area contributed by atoms with Gasteiger partial charge in [0.1, 0.15) is 0 Å². The minimum absolute atomic E-state index is 0.318. The molecule has 3 N–H and O–H groups in total. The molecule has 2 aromatic carbocycles. The highest BCUT2D eigenvalue weighted by Gasteiger charge is 2.12. The van der Waals surface area contributed by atoms with E-state index in [9.17, 15) is 0 Å². The van der Waals surface area contributed by atoms with Crippen molar-refractivity contribution < 1.29 is 29.3 Å². The van der Waals surface area contributed by atoms with E-state index < -0.39 is 11.9 Å². The molecule has 8 heteroatoms. The van der Waals surface area contributed by atoms with Crippen LogP contribution in [0.5, 0.6) is 11.5 Å². The second-order valence-corrected chi connectivity index (χ2v) is 5.97. The average molecular weight is 410 g/mol. The number of carboxylic acids is 2. The number of rotatable bonds is 3. The van der Waals surface area contributed by atoms with Crippen molar-refractivity contribution in [2.75, 3.05) is 12.1 Å². The third kappa shape index (κ3) is 5.39. The highest BCUT2D eigenvalue weighted by atomic mass is 79.9. The lowest BCUT2D eigenvalue weighted by atomic mass is 10.2. The van der Waals surface area contributed by atoms with E-state index >= 15 is 0 Å². The minimum atomic E-state index is -1.82. The lowest BCUT2D eigenvalue weighted by Crippen LogP contribution is -2.09. The smallest absolute Gasteiger partial charge is 0.414 e. The van der Waals surface area contributed by atoms with Crippen molar-refractivity contribution in [3.05, 3.63) is 52.0 Å². The number of fused-ring (bicyclic) bond motifs is 1. The fraction of sp³-hybridized carbons (Fsp3) is 0.176. The normalized spacial score (nSPS) is 11.3. The predicted molar refractivity (Wildman–Crippen MR) is 94.0 cm³/mol. The van der Waals surface area contributed by atoms with E-state index in [0.717, 1.165) is 28.2 Å². The first kappa shape index (κ1) is 18.6. The Kier molecular flexibility index (Phi) is 6.24. The van der Waals surface area contributed by atoms with Gasteiger partial charge in [0.2, 0.25) is 6.79 Å². The predicted octanol–water partition coefficient (Wildman–Crippen LogP) is 3.25. The van der Waals surface area contributed by atoms with Gasteiger partial charge in [-0.3, -0.25) is 0 Å². The molecule has 0 saturated heterocycles. The largest absolute Gasteiger partial charge is 0.473 e. The Morgan fingerprint density at radius 2 is 1.76 bits per heavy atom. The van der Waals surface area contributed by atoms with Gasteiger partial charge in [0, 0.05) is 16.7 Å². The number of aryl methyl sites for hydroxylation is 1. The zero-order valence-corrected chi connectivity index (χ0v) is 14.9. The summed E-state index contributed by atoms with van der Waals surface area (Å²) in [6.45, 7) is 3.16. The number of ether oxygens (including phenoxy) is 2. The summed E-state index contributed by atoms with van der Waals surface area (Å²) < 4.78 is 11.8. The molecule has 1 aliphatic rings. The summed E-state index contributed by atoms with van der Waals surface area (Å²) in [5.41, 5.74) is 3.50. The maximum absolute atomic E-state index is 9.10. The van der Waals surface area contributed by atoms with Crippen LogP contribution >= 0.6 is 15.9 Å². The number of nitrogens with one attached hydrogen (secondary N) is 1. The molecule has 2 aromatic rings. The van der Waals surface area contributed by atoms with Crippen molar-refractivity contribution in [2.24, 2.45) is 0 Å². The van der Waals surface area contributed by atoms with E-state index in [1.54, 1.807) is 0 Å². The van der Waals surface area contributed by atoms with E-state index in [0.29, 0.717) is 6.79 Å². The van der Waals surface area contributed by atoms with Gasteiger partial charge in [0.05, 0.1) is 0 Å². The van der Waals surface area contributed by atoms with E-state index in [4.69, 9.17) is 29.3 Å². The average Bonchev–Trinajstić information content (AvgIpc) is 3.04. The summed E-state index contributed by atoms with van der Waals surface area (Å²) >= 11 is 3.50. The molecule has 1 aliphatic heterocycles. The van der Waals surface area contributed by atoms with Crippen LogP contribution in [0.3, 0.4) is 0 Å². The van der Waals surface area contributed by atoms with Crippen molar-refractivity contribution >= 4 is 33.6 Å². The van der Waals surface area contributed by atoms with E-state index in [2.05, 4.69) is 46.4 Å². The molecule has 25 heavy (non-hydrogen) atoms. The molecule has 3 rings (SSSR count). The number of halogens is 1. The summed E-state index contributed by atoms with van der Waals surface area (Å²) in [6.07, 6.45) is 0. The molecule has 0 radical (unpaired) electrons. The standard InChI is InChI=1S/C15H14BrNO2.C2H2O4/c1-10-6-12(3-4-13(10)16)17-8-11-2-5-14-15(7-11)19-9-18-14;3-1(4)2(5)6/h2-7,17H,8-9H2,1H3;(H,3,4)(H,5,6). The number of anilines is 1. The molecule has 0 fully saturated rings. The summed E-state index contributed by atoms with van der Waals surface area (Å²) in [7, 11) is 0. The molecule has 0 bridgehead atoms. The molecule has 132 valence electrons. The van der Waals surface area contributed by atoms with Crippen molar-refractivity contribution in [3.8, 4) is 11.5 Å². The van der Waals surface area contributed by atoms with Crippen molar-refractivity contribution in [3.63, 3.8) is 0 Å². The molecule has 0 spiro atoms. The molecular weight excluding hydrogens is 394 g/mol. The van der Waals surface area contributed by atoms with Gasteiger partial charge in [-0.2, -0.15) is 0 Å². The van der Waals surface area contributed by atoms with Crippen molar-refractivity contribution in [1.29, 1.82) is 0 Å². The van der Waals surface area contributed by atoms with Crippen LogP contribution in [-0.4, -0.2) is 28.9 Å². The molecule has 1 heterocycles. The van der Waals surface area contributed by atoms with Crippen molar-refractivity contribution in [2.45, 2.75) is 13.5 Å². The molecular formula is C17H16BrNO6. The third-order valence-electron chi connectivity index (χ3n) is 3.27. The van der Waals surface area contributed by atoms with Crippen molar-refractivity contribution in [1.82, 2.24) is 0 Å². The maximum Gasteiger partial charge on any atom is 0.414 e. The monoisotopic (exact) mass is 409 g/mol. The van der Waals surface area contributed by atoms with Crippen LogP contribution in [0.25, 0.3) is 0 Å². The zero-order valence-electron chi connectivity index (χ0n) is 13.3. The first-order valence-electron chi connectivity index (χ1n) is 7.21. The van der Waals surface area contributed by atoms with Crippen LogP contribution < -0.4 is 14.8 Å². The summed E-state index contributed by atoms with van der Waals surface area (Å²) in [5, 5.41) is 18.2. The Morgan fingerprint density at radius 3 is 2.40 bits per heavy atom. The van der Waals surface area contributed by atoms with Crippen LogP contribution in [-0.2, 0) is 16.1 Å². The zero-order chi connectivity index (χ0) is 18.4. The number of carboxylic acid groups (broad SMARTS) is 2. The maximum atomic E-state index is 9.10. The Morgan fingerprint density at radius 1 is 1.08 bits per heavy atom. The van der Waals surface area contributed by atoms with Crippen LogP contribution in [0.1, 0.15) is 11.1 Å². The van der Waals surface area contributed by atoms with E-state index in [-0.39, 0.29) is 0 Å². The lowest BCUT2D eigenvalue weighted by Gasteiger charge is -2.09. The molecule has 0 aromatic heterocycles. The SMILES string of the molecule is Cc1cc(NCc2ccc3c(c2)OCO3)ccc1Br.O=C(O)C(=O)O. The topological polar surface area (TPSA) is 105 Å². The molecule has 0 aliphatic carbocycles.